The minimum absolute atomic E-state index is 0.0739. The fourth-order valence-corrected chi connectivity index (χ4v) is 3.08. The van der Waals surface area contributed by atoms with Crippen LogP contribution in [0.3, 0.4) is 0 Å². The average molecular weight is 339 g/mol. The molecule has 2 fully saturated rings. The number of benzene rings is 1. The summed E-state index contributed by atoms with van der Waals surface area (Å²) in [6, 6.07) is 6.34. The van der Waals surface area contributed by atoms with E-state index in [4.69, 9.17) is 4.74 Å². The monoisotopic (exact) mass is 338 g/mol. The van der Waals surface area contributed by atoms with Crippen molar-refractivity contribution in [3.8, 4) is 5.75 Å². The van der Waals surface area contributed by atoms with Crippen LogP contribution in [0, 0.1) is 0 Å². The van der Waals surface area contributed by atoms with Gasteiger partial charge in [-0.25, -0.2) is 0 Å². The summed E-state index contributed by atoms with van der Waals surface area (Å²) < 4.78 is 6.24. The van der Waals surface area contributed by atoms with Crippen LogP contribution in [0.5, 0.6) is 5.75 Å². The number of hydrogen-bond acceptors (Lipinski definition) is 3. The van der Waals surface area contributed by atoms with Crippen LogP contribution < -0.4 is 4.74 Å². The Labute approximate surface area is 127 Å². The van der Waals surface area contributed by atoms with E-state index < -0.39 is 0 Å². The molecule has 1 heterocycles. The number of amides is 1. The number of carbonyl (C=O) groups is 1. The molecule has 0 bridgehead atoms. The number of rotatable bonds is 3. The fourth-order valence-electron chi connectivity index (χ4n) is 2.74. The molecule has 108 valence electrons. The molecule has 4 nitrogen and oxygen atoms in total. The van der Waals surface area contributed by atoms with E-state index in [1.165, 1.54) is 12.8 Å². The largest absolute Gasteiger partial charge is 0.496 e. The van der Waals surface area contributed by atoms with Crippen molar-refractivity contribution in [1.82, 2.24) is 9.80 Å². The smallest absolute Gasteiger partial charge is 0.257 e. The lowest BCUT2D eigenvalue weighted by atomic mass is 10.1. The fraction of sp³-hybridized carbons (Fsp3) is 0.533. The summed E-state index contributed by atoms with van der Waals surface area (Å²) in [5.41, 5.74) is 0.649. The molecular formula is C15H19BrN2O2. The first-order valence-electron chi connectivity index (χ1n) is 7.06. The summed E-state index contributed by atoms with van der Waals surface area (Å²) in [5, 5.41) is 0. The topological polar surface area (TPSA) is 32.8 Å². The van der Waals surface area contributed by atoms with Crippen LogP contribution in [0.25, 0.3) is 0 Å². The van der Waals surface area contributed by atoms with Gasteiger partial charge in [-0.3, -0.25) is 9.69 Å². The van der Waals surface area contributed by atoms with Crippen molar-refractivity contribution >= 4 is 21.8 Å². The summed E-state index contributed by atoms with van der Waals surface area (Å²) in [5.74, 6) is 0.707. The average Bonchev–Trinajstić information content (AvgIpc) is 3.31. The van der Waals surface area contributed by atoms with Gasteiger partial charge < -0.3 is 9.64 Å². The van der Waals surface area contributed by atoms with Crippen LogP contribution >= 0.6 is 15.9 Å². The Bertz CT molecular complexity index is 509. The summed E-state index contributed by atoms with van der Waals surface area (Å²) in [6.45, 7) is 3.62. The summed E-state index contributed by atoms with van der Waals surface area (Å²) in [4.78, 5) is 17.0. The van der Waals surface area contributed by atoms with Crippen LogP contribution in [0.4, 0.5) is 0 Å². The number of piperazine rings is 1. The standard InChI is InChI=1S/C15H19BrN2O2/c1-20-14-10-11(16)2-5-13(14)15(19)18-8-6-17(7-9-18)12-3-4-12/h2,5,10,12H,3-4,6-9H2,1H3. The third-order valence-corrected chi connectivity index (χ3v) is 4.55. The van der Waals surface area contributed by atoms with Gasteiger partial charge in [-0.15, -0.1) is 0 Å². The minimum Gasteiger partial charge on any atom is -0.496 e. The van der Waals surface area contributed by atoms with Gasteiger partial charge in [-0.05, 0) is 31.0 Å². The van der Waals surface area contributed by atoms with Crippen molar-refractivity contribution in [2.45, 2.75) is 18.9 Å². The number of carbonyl (C=O) groups excluding carboxylic acids is 1. The lowest BCUT2D eigenvalue weighted by Gasteiger charge is -2.35. The van der Waals surface area contributed by atoms with Gasteiger partial charge in [0.15, 0.2) is 0 Å². The molecule has 0 N–H and O–H groups in total. The van der Waals surface area contributed by atoms with Crippen molar-refractivity contribution in [2.24, 2.45) is 0 Å². The molecule has 1 aliphatic heterocycles. The van der Waals surface area contributed by atoms with E-state index in [0.29, 0.717) is 11.3 Å². The maximum atomic E-state index is 12.6. The molecule has 0 aromatic heterocycles. The van der Waals surface area contributed by atoms with Gasteiger partial charge in [0, 0.05) is 36.7 Å². The SMILES string of the molecule is COc1cc(Br)ccc1C(=O)N1CCN(C2CC2)CC1. The molecule has 0 radical (unpaired) electrons. The van der Waals surface area contributed by atoms with Gasteiger partial charge in [0.1, 0.15) is 5.75 Å². The van der Waals surface area contributed by atoms with E-state index in [1.54, 1.807) is 7.11 Å². The third kappa shape index (κ3) is 2.83. The van der Waals surface area contributed by atoms with E-state index in [9.17, 15) is 4.79 Å². The Balaban J connectivity index is 1.69. The summed E-state index contributed by atoms with van der Waals surface area (Å²) >= 11 is 3.40. The molecule has 5 heteroatoms. The van der Waals surface area contributed by atoms with Crippen LogP contribution in [-0.2, 0) is 0 Å². The molecule has 2 aliphatic rings. The first-order valence-corrected chi connectivity index (χ1v) is 7.85. The van der Waals surface area contributed by atoms with E-state index in [1.807, 2.05) is 23.1 Å². The van der Waals surface area contributed by atoms with E-state index in [-0.39, 0.29) is 5.91 Å². The van der Waals surface area contributed by atoms with Gasteiger partial charge in [-0.2, -0.15) is 0 Å². The van der Waals surface area contributed by atoms with Gasteiger partial charge in [0.2, 0.25) is 0 Å². The highest BCUT2D eigenvalue weighted by atomic mass is 79.9. The lowest BCUT2D eigenvalue weighted by molar-refractivity contribution is 0.0624. The molecule has 3 rings (SSSR count). The molecule has 0 unspecified atom stereocenters. The van der Waals surface area contributed by atoms with Crippen molar-refractivity contribution in [3.63, 3.8) is 0 Å². The maximum Gasteiger partial charge on any atom is 0.257 e. The minimum atomic E-state index is 0.0739. The molecule has 1 saturated carbocycles. The zero-order chi connectivity index (χ0) is 14.1. The normalized spacial score (nSPS) is 20.0. The zero-order valence-corrected chi connectivity index (χ0v) is 13.2. The van der Waals surface area contributed by atoms with Crippen molar-refractivity contribution < 1.29 is 9.53 Å². The number of ether oxygens (including phenoxy) is 1. The number of halogens is 1. The van der Waals surface area contributed by atoms with E-state index in [2.05, 4.69) is 20.8 Å². The van der Waals surface area contributed by atoms with Crippen LogP contribution in [-0.4, -0.2) is 55.0 Å². The Morgan fingerprint density at radius 2 is 1.95 bits per heavy atom. The summed E-state index contributed by atoms with van der Waals surface area (Å²) in [7, 11) is 1.60. The maximum absolute atomic E-state index is 12.6. The quantitative estimate of drug-likeness (QED) is 0.848. The van der Waals surface area contributed by atoms with Gasteiger partial charge >= 0.3 is 0 Å². The Morgan fingerprint density at radius 3 is 2.55 bits per heavy atom. The van der Waals surface area contributed by atoms with Crippen molar-refractivity contribution in [1.29, 1.82) is 0 Å². The predicted molar refractivity (Wildman–Crippen MR) is 81.2 cm³/mol. The number of hydrogen-bond donors (Lipinski definition) is 0. The lowest BCUT2D eigenvalue weighted by Crippen LogP contribution is -2.49. The number of nitrogens with zero attached hydrogens (tertiary/aromatic N) is 2. The third-order valence-electron chi connectivity index (χ3n) is 4.06. The molecule has 1 aliphatic carbocycles. The first kappa shape index (κ1) is 13.9. The van der Waals surface area contributed by atoms with Gasteiger partial charge in [0.25, 0.3) is 5.91 Å². The second kappa shape index (κ2) is 5.74. The van der Waals surface area contributed by atoms with E-state index in [0.717, 1.165) is 36.7 Å². The Morgan fingerprint density at radius 1 is 1.25 bits per heavy atom. The Kier molecular flexibility index (Phi) is 3.98. The molecule has 1 aromatic carbocycles. The summed E-state index contributed by atoms with van der Waals surface area (Å²) in [6.07, 6.45) is 2.66. The molecule has 20 heavy (non-hydrogen) atoms. The van der Waals surface area contributed by atoms with Crippen LogP contribution in [0.15, 0.2) is 22.7 Å². The highest BCUT2D eigenvalue weighted by Gasteiger charge is 2.32. The Hall–Kier alpha value is -1.07. The zero-order valence-electron chi connectivity index (χ0n) is 11.6. The highest BCUT2D eigenvalue weighted by molar-refractivity contribution is 9.10. The van der Waals surface area contributed by atoms with Crippen LogP contribution in [0.1, 0.15) is 23.2 Å². The molecule has 1 aromatic rings. The molecule has 0 spiro atoms. The number of methoxy groups -OCH3 is 1. The molecule has 1 amide bonds. The van der Waals surface area contributed by atoms with Gasteiger partial charge in [-0.1, -0.05) is 15.9 Å². The molecular weight excluding hydrogens is 320 g/mol. The van der Waals surface area contributed by atoms with E-state index >= 15 is 0 Å². The second-order valence-corrected chi connectivity index (χ2v) is 6.32. The molecule has 1 saturated heterocycles. The van der Waals surface area contributed by atoms with Gasteiger partial charge in [0.05, 0.1) is 12.7 Å². The highest BCUT2D eigenvalue weighted by Crippen LogP contribution is 2.29. The van der Waals surface area contributed by atoms with Crippen molar-refractivity contribution in [3.05, 3.63) is 28.2 Å². The van der Waals surface area contributed by atoms with Crippen LogP contribution in [0.2, 0.25) is 0 Å². The predicted octanol–water partition coefficient (Wildman–Crippen LogP) is 2.38. The molecule has 0 atom stereocenters. The van der Waals surface area contributed by atoms with Crippen molar-refractivity contribution in [2.75, 3.05) is 33.3 Å². The first-order chi connectivity index (χ1) is 9.69. The second-order valence-electron chi connectivity index (χ2n) is 5.40.